The molecule has 5 nitrogen and oxygen atoms in total. The second kappa shape index (κ2) is 6.74. The Morgan fingerprint density at radius 1 is 1.30 bits per heavy atom. The van der Waals surface area contributed by atoms with Gasteiger partial charge in [-0.1, -0.05) is 23.7 Å². The first-order valence-electron chi connectivity index (χ1n) is 6.25. The Labute approximate surface area is 134 Å². The van der Waals surface area contributed by atoms with E-state index in [1.807, 2.05) is 0 Å². The number of para-hydroxylation sites is 1. The van der Waals surface area contributed by atoms with Crippen molar-refractivity contribution in [3.63, 3.8) is 0 Å². The number of alkyl halides is 3. The van der Waals surface area contributed by atoms with E-state index in [0.717, 1.165) is 0 Å². The fourth-order valence-corrected chi connectivity index (χ4v) is 1.91. The number of anilines is 1. The first kappa shape index (κ1) is 16.9. The predicted octanol–water partition coefficient (Wildman–Crippen LogP) is 3.52. The number of hydrazine groups is 1. The number of benzene rings is 1. The minimum absolute atomic E-state index is 0.108. The molecule has 1 amide bonds. The first-order chi connectivity index (χ1) is 10.8. The van der Waals surface area contributed by atoms with E-state index >= 15 is 0 Å². The third kappa shape index (κ3) is 4.04. The number of halogens is 4. The molecule has 122 valence electrons. The number of amides is 1. The molecule has 0 fully saturated rings. The summed E-state index contributed by atoms with van der Waals surface area (Å²) < 4.78 is 42.6. The monoisotopic (exact) mass is 345 g/mol. The number of hydrogen-bond donors (Lipinski definition) is 2. The van der Waals surface area contributed by atoms with Crippen LogP contribution in [0, 0.1) is 0 Å². The van der Waals surface area contributed by atoms with E-state index in [2.05, 4.69) is 15.8 Å². The van der Waals surface area contributed by atoms with E-state index in [4.69, 9.17) is 16.3 Å². The van der Waals surface area contributed by atoms with E-state index in [1.165, 1.54) is 13.2 Å². The minimum Gasteiger partial charge on any atom is -0.496 e. The molecule has 0 unspecified atom stereocenters. The van der Waals surface area contributed by atoms with Gasteiger partial charge in [0.2, 0.25) is 0 Å². The molecule has 1 aromatic heterocycles. The van der Waals surface area contributed by atoms with Gasteiger partial charge in [0, 0.05) is 6.20 Å². The van der Waals surface area contributed by atoms with E-state index in [0.29, 0.717) is 18.0 Å². The fraction of sp³-hybridized carbons (Fsp3) is 0.143. The quantitative estimate of drug-likeness (QED) is 0.832. The number of nitrogens with zero attached hydrogens (tertiary/aromatic N) is 1. The van der Waals surface area contributed by atoms with Crippen LogP contribution in [0.25, 0.3) is 0 Å². The average Bonchev–Trinajstić information content (AvgIpc) is 2.52. The molecular formula is C14H11ClF3N3O2. The van der Waals surface area contributed by atoms with Crippen LogP contribution >= 0.6 is 11.6 Å². The normalized spacial score (nSPS) is 11.0. The number of rotatable bonds is 4. The standard InChI is InChI=1S/C14H11ClF3N3O2/c1-23-11-5-3-2-4-9(11)13(22)21-20-12-10(15)6-8(7-19-12)14(16,17)18/h2-7H,1H3,(H,19,20)(H,21,22). The van der Waals surface area contributed by atoms with Crippen LogP contribution in [0.2, 0.25) is 5.02 Å². The summed E-state index contributed by atoms with van der Waals surface area (Å²) in [4.78, 5) is 15.6. The average molecular weight is 346 g/mol. The SMILES string of the molecule is COc1ccccc1C(=O)NNc1ncc(C(F)(F)F)cc1Cl. The molecule has 0 saturated carbocycles. The fourth-order valence-electron chi connectivity index (χ4n) is 1.70. The molecule has 0 spiro atoms. The van der Waals surface area contributed by atoms with Crippen molar-refractivity contribution >= 4 is 23.3 Å². The molecular weight excluding hydrogens is 335 g/mol. The molecule has 2 aromatic rings. The lowest BCUT2D eigenvalue weighted by atomic mass is 10.2. The summed E-state index contributed by atoms with van der Waals surface area (Å²) in [5.41, 5.74) is 3.93. The highest BCUT2D eigenvalue weighted by molar-refractivity contribution is 6.33. The van der Waals surface area contributed by atoms with Crippen LogP contribution in [0.4, 0.5) is 19.0 Å². The molecule has 2 rings (SSSR count). The molecule has 0 saturated heterocycles. The number of aromatic nitrogens is 1. The molecule has 0 aliphatic rings. The van der Waals surface area contributed by atoms with Gasteiger partial charge in [-0.3, -0.25) is 15.6 Å². The van der Waals surface area contributed by atoms with Gasteiger partial charge in [0.25, 0.3) is 5.91 Å². The van der Waals surface area contributed by atoms with Crippen molar-refractivity contribution in [2.24, 2.45) is 0 Å². The summed E-state index contributed by atoms with van der Waals surface area (Å²) in [6.45, 7) is 0. The Morgan fingerprint density at radius 3 is 2.61 bits per heavy atom. The van der Waals surface area contributed by atoms with Crippen LogP contribution in [0.15, 0.2) is 36.5 Å². The summed E-state index contributed by atoms with van der Waals surface area (Å²) in [6.07, 6.45) is -3.93. The number of carbonyl (C=O) groups excluding carboxylic acids is 1. The summed E-state index contributed by atoms with van der Waals surface area (Å²) >= 11 is 5.72. The Bertz CT molecular complexity index is 723. The zero-order valence-corrected chi connectivity index (χ0v) is 12.5. The second-order valence-electron chi connectivity index (χ2n) is 4.33. The van der Waals surface area contributed by atoms with Crippen molar-refractivity contribution in [3.05, 3.63) is 52.7 Å². The van der Waals surface area contributed by atoms with Crippen molar-refractivity contribution in [1.82, 2.24) is 10.4 Å². The van der Waals surface area contributed by atoms with Crippen LogP contribution in [-0.4, -0.2) is 18.0 Å². The van der Waals surface area contributed by atoms with Gasteiger partial charge >= 0.3 is 6.18 Å². The van der Waals surface area contributed by atoms with Gasteiger partial charge in [0.1, 0.15) is 5.75 Å². The molecule has 1 heterocycles. The van der Waals surface area contributed by atoms with Gasteiger partial charge in [-0.05, 0) is 18.2 Å². The maximum atomic E-state index is 12.5. The van der Waals surface area contributed by atoms with Gasteiger partial charge in [-0.15, -0.1) is 0 Å². The first-order valence-corrected chi connectivity index (χ1v) is 6.63. The highest BCUT2D eigenvalue weighted by atomic mass is 35.5. The molecule has 9 heteroatoms. The van der Waals surface area contributed by atoms with Crippen LogP contribution in [0.1, 0.15) is 15.9 Å². The lowest BCUT2D eigenvalue weighted by molar-refractivity contribution is -0.137. The summed E-state index contributed by atoms with van der Waals surface area (Å²) in [6, 6.07) is 7.17. The van der Waals surface area contributed by atoms with Crippen LogP contribution in [0.5, 0.6) is 5.75 Å². The number of methoxy groups -OCH3 is 1. The van der Waals surface area contributed by atoms with E-state index < -0.39 is 17.6 Å². The topological polar surface area (TPSA) is 63.2 Å². The van der Waals surface area contributed by atoms with Gasteiger partial charge in [0.05, 0.1) is 23.3 Å². The van der Waals surface area contributed by atoms with Crippen LogP contribution in [0.3, 0.4) is 0 Å². The molecule has 0 radical (unpaired) electrons. The molecule has 0 atom stereocenters. The summed E-state index contributed by atoms with van der Waals surface area (Å²) in [5, 5.41) is -0.278. The second-order valence-corrected chi connectivity index (χ2v) is 4.74. The maximum Gasteiger partial charge on any atom is 0.417 e. The zero-order valence-electron chi connectivity index (χ0n) is 11.7. The van der Waals surface area contributed by atoms with Crippen LogP contribution in [-0.2, 0) is 6.18 Å². The van der Waals surface area contributed by atoms with Gasteiger partial charge in [0.15, 0.2) is 5.82 Å². The molecule has 23 heavy (non-hydrogen) atoms. The lowest BCUT2D eigenvalue weighted by Gasteiger charge is -2.12. The maximum absolute atomic E-state index is 12.5. The Hall–Kier alpha value is -2.48. The van der Waals surface area contributed by atoms with Crippen molar-refractivity contribution in [3.8, 4) is 5.75 Å². The predicted molar refractivity (Wildman–Crippen MR) is 78.3 cm³/mol. The Morgan fingerprint density at radius 2 is 2.00 bits per heavy atom. The third-order valence-corrected chi connectivity index (χ3v) is 3.10. The number of ether oxygens (including phenoxy) is 1. The Kier molecular flexibility index (Phi) is 4.95. The third-order valence-electron chi connectivity index (χ3n) is 2.81. The molecule has 0 aliphatic carbocycles. The van der Waals surface area contributed by atoms with Gasteiger partial charge in [-0.2, -0.15) is 13.2 Å². The van der Waals surface area contributed by atoms with Crippen molar-refractivity contribution < 1.29 is 22.7 Å². The molecule has 0 bridgehead atoms. The van der Waals surface area contributed by atoms with Crippen molar-refractivity contribution in [2.45, 2.75) is 6.18 Å². The van der Waals surface area contributed by atoms with Gasteiger partial charge < -0.3 is 4.74 Å². The molecule has 1 aromatic carbocycles. The summed E-state index contributed by atoms with van der Waals surface area (Å²) in [7, 11) is 1.41. The number of hydrogen-bond acceptors (Lipinski definition) is 4. The van der Waals surface area contributed by atoms with Crippen molar-refractivity contribution in [1.29, 1.82) is 0 Å². The van der Waals surface area contributed by atoms with E-state index in [-0.39, 0.29) is 16.4 Å². The minimum atomic E-state index is -4.55. The summed E-state index contributed by atoms with van der Waals surface area (Å²) in [5.74, 6) is -0.318. The number of carbonyl (C=O) groups is 1. The molecule has 2 N–H and O–H groups in total. The highest BCUT2D eigenvalue weighted by Crippen LogP contribution is 2.32. The smallest absolute Gasteiger partial charge is 0.417 e. The van der Waals surface area contributed by atoms with Crippen LogP contribution < -0.4 is 15.6 Å². The van der Waals surface area contributed by atoms with E-state index in [9.17, 15) is 18.0 Å². The molecule has 0 aliphatic heterocycles. The lowest BCUT2D eigenvalue weighted by Crippen LogP contribution is -2.30. The van der Waals surface area contributed by atoms with E-state index in [1.54, 1.807) is 18.2 Å². The number of pyridine rings is 1. The number of nitrogens with one attached hydrogen (secondary N) is 2. The Balaban J connectivity index is 2.10. The highest BCUT2D eigenvalue weighted by Gasteiger charge is 2.31. The zero-order chi connectivity index (χ0) is 17.0. The largest absolute Gasteiger partial charge is 0.496 e. The van der Waals surface area contributed by atoms with Gasteiger partial charge in [-0.25, -0.2) is 4.98 Å². The van der Waals surface area contributed by atoms with Crippen molar-refractivity contribution in [2.75, 3.05) is 12.5 Å².